The van der Waals surface area contributed by atoms with Crippen LogP contribution in [0.5, 0.6) is 0 Å². The van der Waals surface area contributed by atoms with Gasteiger partial charge in [0, 0.05) is 32.1 Å². The number of aliphatic hydroxyl groups is 2. The molecule has 0 aromatic heterocycles. The minimum absolute atomic E-state index is 0.0942. The molecule has 23 nitrogen and oxygen atoms in total. The molecule has 69 heavy (non-hydrogen) atoms. The van der Waals surface area contributed by atoms with Crippen LogP contribution in [0.4, 0.5) is 0 Å². The molecule has 11 atom stereocenters. The molecule has 0 aromatic rings. The van der Waals surface area contributed by atoms with Crippen molar-refractivity contribution in [2.45, 2.75) is 180 Å². The summed E-state index contributed by atoms with van der Waals surface area (Å²) in [5, 5.41) is 35.3. The molecule has 4 saturated heterocycles. The number of nitrogens with zero attached hydrogens (tertiary/aromatic N) is 4. The van der Waals surface area contributed by atoms with Crippen LogP contribution in [0.1, 0.15) is 119 Å². The van der Waals surface area contributed by atoms with E-state index in [4.69, 9.17) is 0 Å². The van der Waals surface area contributed by atoms with E-state index in [1.807, 2.05) is 13.8 Å². The molecule has 0 bridgehead atoms. The lowest BCUT2D eigenvalue weighted by Gasteiger charge is -2.33. The predicted octanol–water partition coefficient (Wildman–Crippen LogP) is -2.66. The van der Waals surface area contributed by atoms with Gasteiger partial charge in [-0.1, -0.05) is 26.7 Å². The number of Topliss-reactive ketones (excluding diaryl/α,β-unsaturated/α-hetero) is 1. The maximum absolute atomic E-state index is 13.8. The maximum atomic E-state index is 13.8. The fourth-order valence-corrected chi connectivity index (χ4v) is 9.33. The Balaban J connectivity index is 1.26. The van der Waals surface area contributed by atoms with Crippen molar-refractivity contribution in [1.82, 2.24) is 51.5 Å². The van der Waals surface area contributed by atoms with Gasteiger partial charge in [-0.15, -0.1) is 0 Å². The van der Waals surface area contributed by atoms with Crippen LogP contribution in [0.25, 0.3) is 0 Å². The SMILES string of the molecule is CCCC[C@H](C)C(=O)N1CCC[C@H]1C(=O)N[C@@H](C)C(=O)N1CCC[C@H]1C(=O)NCC(=O)N[C@@H](CO)C(=O)N[C@H](C(=O)N[C@@H](C)C(=O)N1CCC[C@H]1C(=O)N1CCC[C@H]1C(=O)N[C@@H](C)C(C)=O)C(C)O. The van der Waals surface area contributed by atoms with Gasteiger partial charge in [-0.25, -0.2) is 0 Å². The van der Waals surface area contributed by atoms with Crippen LogP contribution in [-0.4, -0.2) is 194 Å². The third-order valence-electron chi connectivity index (χ3n) is 13.5. The van der Waals surface area contributed by atoms with Crippen LogP contribution in [0, 0.1) is 5.92 Å². The molecule has 23 heteroatoms. The fourth-order valence-electron chi connectivity index (χ4n) is 9.33. The zero-order valence-electron chi connectivity index (χ0n) is 41.0. The van der Waals surface area contributed by atoms with Crippen molar-refractivity contribution in [2.24, 2.45) is 5.92 Å². The molecule has 4 aliphatic heterocycles. The number of aliphatic hydroxyl groups excluding tert-OH is 2. The van der Waals surface area contributed by atoms with Gasteiger partial charge in [0.05, 0.1) is 25.3 Å². The predicted molar refractivity (Wildman–Crippen MR) is 247 cm³/mol. The first-order chi connectivity index (χ1) is 32.6. The van der Waals surface area contributed by atoms with Gasteiger partial charge in [0.15, 0.2) is 5.78 Å². The quantitative estimate of drug-likeness (QED) is 0.0550. The highest BCUT2D eigenvalue weighted by atomic mass is 16.3. The Morgan fingerprint density at radius 3 is 1.55 bits per heavy atom. The van der Waals surface area contributed by atoms with Crippen LogP contribution < -0.4 is 31.9 Å². The Morgan fingerprint density at radius 2 is 1.03 bits per heavy atom. The number of amides is 10. The normalized spacial score (nSPS) is 23.1. The van der Waals surface area contributed by atoms with E-state index < -0.39 is 127 Å². The van der Waals surface area contributed by atoms with Gasteiger partial charge in [-0.2, -0.15) is 0 Å². The maximum Gasteiger partial charge on any atom is 0.246 e. The summed E-state index contributed by atoms with van der Waals surface area (Å²) in [4.78, 5) is 151. The van der Waals surface area contributed by atoms with E-state index in [0.717, 1.165) is 12.8 Å². The van der Waals surface area contributed by atoms with E-state index in [-0.39, 0.29) is 43.7 Å². The van der Waals surface area contributed by atoms with E-state index in [9.17, 15) is 63.0 Å². The molecule has 1 unspecified atom stereocenters. The molecule has 8 N–H and O–H groups in total. The summed E-state index contributed by atoms with van der Waals surface area (Å²) >= 11 is 0. The topological polar surface area (TPSA) is 313 Å². The fraction of sp³-hybridized carbons (Fsp3) is 0.761. The average molecular weight is 975 g/mol. The van der Waals surface area contributed by atoms with Crippen LogP contribution in [-0.2, 0) is 52.7 Å². The van der Waals surface area contributed by atoms with Crippen molar-refractivity contribution in [3.05, 3.63) is 0 Å². The van der Waals surface area contributed by atoms with Crippen molar-refractivity contribution < 1.29 is 63.0 Å². The Hall–Kier alpha value is -5.71. The number of rotatable bonds is 22. The number of carbonyl (C=O) groups is 11. The Kier molecular flexibility index (Phi) is 20.9. The summed E-state index contributed by atoms with van der Waals surface area (Å²) in [5.74, 6) is -6.70. The summed E-state index contributed by atoms with van der Waals surface area (Å²) in [6, 6.07) is -9.73. The Morgan fingerprint density at radius 1 is 0.565 bits per heavy atom. The number of carbonyl (C=O) groups excluding carboxylic acids is 11. The molecular formula is C46H74N10O13. The summed E-state index contributed by atoms with van der Waals surface area (Å²) in [6.07, 6.45) is 4.61. The summed E-state index contributed by atoms with van der Waals surface area (Å²) in [6.45, 7) is 10.4. The molecule has 0 aromatic carbocycles. The molecular weight excluding hydrogens is 901 g/mol. The Labute approximate surface area is 403 Å². The van der Waals surface area contributed by atoms with E-state index in [1.54, 1.807) is 11.8 Å². The largest absolute Gasteiger partial charge is 0.394 e. The van der Waals surface area contributed by atoms with Crippen molar-refractivity contribution >= 4 is 64.9 Å². The van der Waals surface area contributed by atoms with Gasteiger partial charge in [-0.05, 0) is 92.4 Å². The molecule has 0 radical (unpaired) electrons. The van der Waals surface area contributed by atoms with Gasteiger partial charge in [-0.3, -0.25) is 52.7 Å². The number of nitrogens with one attached hydrogen (secondary N) is 6. The van der Waals surface area contributed by atoms with Gasteiger partial charge >= 0.3 is 0 Å². The second-order valence-corrected chi connectivity index (χ2v) is 18.9. The van der Waals surface area contributed by atoms with Crippen LogP contribution in [0.3, 0.4) is 0 Å². The smallest absolute Gasteiger partial charge is 0.246 e. The highest BCUT2D eigenvalue weighted by Crippen LogP contribution is 2.27. The number of ketones is 1. The summed E-state index contributed by atoms with van der Waals surface area (Å²) in [5.41, 5.74) is 0. The molecule has 4 rings (SSSR count). The van der Waals surface area contributed by atoms with E-state index in [2.05, 4.69) is 31.9 Å². The molecule has 4 heterocycles. The summed E-state index contributed by atoms with van der Waals surface area (Å²) in [7, 11) is 0. The number of hydrogen-bond donors (Lipinski definition) is 8. The Bertz CT molecular complexity index is 1930. The van der Waals surface area contributed by atoms with Gasteiger partial charge in [0.2, 0.25) is 59.1 Å². The van der Waals surface area contributed by atoms with E-state index >= 15 is 0 Å². The second-order valence-electron chi connectivity index (χ2n) is 18.9. The molecule has 10 amide bonds. The minimum atomic E-state index is -1.67. The van der Waals surface area contributed by atoms with Crippen molar-refractivity contribution in [1.29, 1.82) is 0 Å². The number of unbranched alkanes of at least 4 members (excludes halogenated alkanes) is 1. The standard InChI is InChI=1S/C46H74N10O13/c1-8-9-14-25(2)43(66)53-19-11-16-33(53)41(64)49-27(4)44(67)54-20-10-15-32(54)39(62)47-23-36(60)51-31(24-57)38(61)52-37(30(7)59)42(65)50-28(5)45(68)56-22-13-18-35(56)46(69)55-21-12-17-34(55)40(63)48-26(3)29(6)58/h25-28,30-35,37,57,59H,8-24H2,1-7H3,(H,47,62)(H,48,63)(H,49,64)(H,50,65)(H,51,60)(H,52,61)/t25-,26-,27-,28-,30?,31-,32-,33-,34-,35-,37-/m0/s1. The van der Waals surface area contributed by atoms with Crippen molar-refractivity contribution in [2.75, 3.05) is 39.3 Å². The van der Waals surface area contributed by atoms with Gasteiger partial charge < -0.3 is 61.7 Å². The minimum Gasteiger partial charge on any atom is -0.394 e. The first-order valence-corrected chi connectivity index (χ1v) is 24.4. The molecule has 0 aliphatic carbocycles. The van der Waals surface area contributed by atoms with E-state index in [0.29, 0.717) is 57.9 Å². The first-order valence-electron chi connectivity index (χ1n) is 24.4. The monoisotopic (exact) mass is 975 g/mol. The van der Waals surface area contributed by atoms with Gasteiger partial charge in [0.1, 0.15) is 48.3 Å². The van der Waals surface area contributed by atoms with Crippen LogP contribution in [0.15, 0.2) is 0 Å². The zero-order chi connectivity index (χ0) is 51.3. The first kappa shape index (κ1) is 55.9. The van der Waals surface area contributed by atoms with Gasteiger partial charge in [0.25, 0.3) is 0 Å². The lowest BCUT2D eigenvalue weighted by molar-refractivity contribution is -0.148. The highest BCUT2D eigenvalue weighted by Gasteiger charge is 2.44. The second kappa shape index (κ2) is 25.8. The molecule has 4 aliphatic rings. The highest BCUT2D eigenvalue weighted by molar-refractivity contribution is 5.99. The van der Waals surface area contributed by atoms with E-state index in [1.165, 1.54) is 42.4 Å². The van der Waals surface area contributed by atoms with Crippen molar-refractivity contribution in [3.8, 4) is 0 Å². The molecule has 0 saturated carbocycles. The molecule has 0 spiro atoms. The lowest BCUT2D eigenvalue weighted by Crippen LogP contribution is -2.61. The molecule has 386 valence electrons. The average Bonchev–Trinajstić information content (AvgIpc) is 4.17. The lowest BCUT2D eigenvalue weighted by atomic mass is 10.0. The van der Waals surface area contributed by atoms with Crippen molar-refractivity contribution in [3.63, 3.8) is 0 Å². The number of likely N-dealkylation sites (tertiary alicyclic amines) is 4. The van der Waals surface area contributed by atoms with Crippen LogP contribution >= 0.6 is 0 Å². The zero-order valence-corrected chi connectivity index (χ0v) is 41.0. The summed E-state index contributed by atoms with van der Waals surface area (Å²) < 4.78 is 0. The third-order valence-corrected chi connectivity index (χ3v) is 13.5. The third kappa shape index (κ3) is 14.4. The van der Waals surface area contributed by atoms with Crippen LogP contribution in [0.2, 0.25) is 0 Å². The molecule has 4 fully saturated rings. The number of hydrogen-bond acceptors (Lipinski definition) is 13.